The third-order valence-electron chi connectivity index (χ3n) is 4.28. The molecule has 3 N–H and O–H groups in total. The van der Waals surface area contributed by atoms with Gasteiger partial charge in [-0.2, -0.15) is 5.10 Å². The fourth-order valence-electron chi connectivity index (χ4n) is 3.15. The molecule has 0 bridgehead atoms. The number of rotatable bonds is 5. The van der Waals surface area contributed by atoms with Crippen molar-refractivity contribution in [3.63, 3.8) is 0 Å². The lowest BCUT2D eigenvalue weighted by molar-refractivity contribution is -0.0985. The zero-order chi connectivity index (χ0) is 13.9. The first-order valence-corrected chi connectivity index (χ1v) is 7.21. The number of hydrogen-bond donors (Lipinski definition) is 2. The topological polar surface area (TPSA) is 65.1 Å². The van der Waals surface area contributed by atoms with Crippen LogP contribution >= 0.6 is 0 Å². The summed E-state index contributed by atoms with van der Waals surface area (Å²) >= 11 is 0. The minimum absolute atomic E-state index is 0.0406. The van der Waals surface area contributed by atoms with Crippen LogP contribution in [0.2, 0.25) is 0 Å². The van der Waals surface area contributed by atoms with Crippen molar-refractivity contribution in [3.05, 3.63) is 18.0 Å². The first kappa shape index (κ1) is 14.5. The Labute approximate surface area is 115 Å². The second-order valence-electron chi connectivity index (χ2n) is 5.69. The summed E-state index contributed by atoms with van der Waals surface area (Å²) in [5.74, 6) is 6.59. The fraction of sp³-hybridized carbons (Fsp3) is 0.786. The van der Waals surface area contributed by atoms with Crippen LogP contribution in [0.1, 0.15) is 51.3 Å². The molecule has 1 heterocycles. The van der Waals surface area contributed by atoms with E-state index in [2.05, 4.69) is 17.4 Å². The first-order chi connectivity index (χ1) is 9.11. The third-order valence-corrected chi connectivity index (χ3v) is 4.28. The second kappa shape index (κ2) is 6.03. The average molecular weight is 266 g/mol. The lowest BCUT2D eigenvalue weighted by Gasteiger charge is -2.43. The van der Waals surface area contributed by atoms with Crippen LogP contribution in [0.5, 0.6) is 0 Å². The zero-order valence-corrected chi connectivity index (χ0v) is 12.2. The Hall–Kier alpha value is -0.910. The molecule has 0 spiro atoms. The van der Waals surface area contributed by atoms with Gasteiger partial charge in [0.05, 0.1) is 17.3 Å². The monoisotopic (exact) mass is 266 g/mol. The molecule has 0 aromatic carbocycles. The number of aryl methyl sites for hydroxylation is 1. The molecule has 108 valence electrons. The van der Waals surface area contributed by atoms with Gasteiger partial charge in [-0.1, -0.05) is 6.92 Å². The predicted octanol–water partition coefficient (Wildman–Crippen LogP) is 1.91. The molecular formula is C14H26N4O. The summed E-state index contributed by atoms with van der Waals surface area (Å²) < 4.78 is 7.95. The molecule has 1 atom stereocenters. The number of aromatic nitrogens is 2. The molecule has 2 rings (SSSR count). The largest absolute Gasteiger partial charge is 0.373 e. The third kappa shape index (κ3) is 2.99. The molecule has 1 fully saturated rings. The van der Waals surface area contributed by atoms with Crippen molar-refractivity contribution in [2.24, 2.45) is 18.8 Å². The molecule has 1 aliphatic carbocycles. The average Bonchev–Trinajstić information content (AvgIpc) is 2.81. The van der Waals surface area contributed by atoms with Crippen LogP contribution < -0.4 is 11.3 Å². The number of hydrazine groups is 1. The Kier molecular flexibility index (Phi) is 4.60. The Morgan fingerprint density at radius 1 is 1.58 bits per heavy atom. The van der Waals surface area contributed by atoms with E-state index < -0.39 is 0 Å². The molecule has 0 saturated heterocycles. The van der Waals surface area contributed by atoms with E-state index in [1.54, 1.807) is 0 Å². The Bertz CT molecular complexity index is 396. The maximum atomic E-state index is 6.14. The van der Waals surface area contributed by atoms with Gasteiger partial charge in [0.2, 0.25) is 0 Å². The minimum atomic E-state index is -0.218. The molecule has 1 saturated carbocycles. The highest BCUT2D eigenvalue weighted by molar-refractivity contribution is 5.13. The smallest absolute Gasteiger partial charge is 0.0939 e. The van der Waals surface area contributed by atoms with E-state index in [0.29, 0.717) is 6.61 Å². The molecule has 5 heteroatoms. The Morgan fingerprint density at radius 3 is 2.74 bits per heavy atom. The standard InChI is InChI=1S/C14H26N4O/c1-4-19-14(8-5-11(2)6-9-14)13(16-15)12-7-10-18(3)17-12/h7,10-11,13,16H,4-6,8-9,15H2,1-3H3. The number of hydrogen-bond acceptors (Lipinski definition) is 4. The maximum Gasteiger partial charge on any atom is 0.0939 e. The fourth-order valence-corrected chi connectivity index (χ4v) is 3.15. The van der Waals surface area contributed by atoms with Crippen LogP contribution in [0.25, 0.3) is 0 Å². The second-order valence-corrected chi connectivity index (χ2v) is 5.69. The van der Waals surface area contributed by atoms with Gasteiger partial charge in [-0.3, -0.25) is 10.5 Å². The van der Waals surface area contributed by atoms with Gasteiger partial charge in [0.15, 0.2) is 0 Å². The van der Waals surface area contributed by atoms with Gasteiger partial charge in [0.25, 0.3) is 0 Å². The lowest BCUT2D eigenvalue weighted by atomic mass is 9.74. The van der Waals surface area contributed by atoms with Crippen LogP contribution in [-0.4, -0.2) is 22.0 Å². The van der Waals surface area contributed by atoms with Gasteiger partial charge in [0, 0.05) is 19.9 Å². The van der Waals surface area contributed by atoms with Crippen LogP contribution in [0.3, 0.4) is 0 Å². The normalized spacial score (nSPS) is 29.4. The molecular weight excluding hydrogens is 240 g/mol. The summed E-state index contributed by atoms with van der Waals surface area (Å²) in [4.78, 5) is 0. The Balaban J connectivity index is 2.25. The van der Waals surface area contributed by atoms with Crippen molar-refractivity contribution in [1.82, 2.24) is 15.2 Å². The van der Waals surface area contributed by atoms with Gasteiger partial charge in [-0.05, 0) is 44.6 Å². The van der Waals surface area contributed by atoms with Crippen molar-refractivity contribution in [2.75, 3.05) is 6.61 Å². The van der Waals surface area contributed by atoms with Crippen LogP contribution in [0, 0.1) is 5.92 Å². The van der Waals surface area contributed by atoms with E-state index in [4.69, 9.17) is 10.6 Å². The summed E-state index contributed by atoms with van der Waals surface area (Å²) in [5, 5.41) is 4.50. The highest BCUT2D eigenvalue weighted by Gasteiger charge is 2.43. The van der Waals surface area contributed by atoms with E-state index in [-0.39, 0.29) is 11.6 Å². The van der Waals surface area contributed by atoms with Gasteiger partial charge >= 0.3 is 0 Å². The SMILES string of the molecule is CCOC1(C(NN)c2ccn(C)n2)CCC(C)CC1. The van der Waals surface area contributed by atoms with E-state index >= 15 is 0 Å². The maximum absolute atomic E-state index is 6.14. The van der Waals surface area contributed by atoms with E-state index in [0.717, 1.165) is 24.5 Å². The van der Waals surface area contributed by atoms with Crippen molar-refractivity contribution in [2.45, 2.75) is 51.2 Å². The van der Waals surface area contributed by atoms with Crippen LogP contribution in [0.4, 0.5) is 0 Å². The summed E-state index contributed by atoms with van der Waals surface area (Å²) in [5.41, 5.74) is 3.69. The quantitative estimate of drug-likeness (QED) is 0.631. The Morgan fingerprint density at radius 2 is 2.26 bits per heavy atom. The molecule has 19 heavy (non-hydrogen) atoms. The molecule has 0 aliphatic heterocycles. The molecule has 1 aliphatic rings. The lowest BCUT2D eigenvalue weighted by Crippen LogP contribution is -2.50. The number of nitrogens with two attached hydrogens (primary N) is 1. The minimum Gasteiger partial charge on any atom is -0.373 e. The molecule has 0 amide bonds. The van der Waals surface area contributed by atoms with E-state index in [1.165, 1.54) is 12.8 Å². The summed E-state index contributed by atoms with van der Waals surface area (Å²) in [6.45, 7) is 5.06. The summed E-state index contributed by atoms with van der Waals surface area (Å²) in [6.07, 6.45) is 6.39. The van der Waals surface area contributed by atoms with Gasteiger partial charge < -0.3 is 4.74 Å². The molecule has 5 nitrogen and oxygen atoms in total. The van der Waals surface area contributed by atoms with Crippen molar-refractivity contribution < 1.29 is 4.74 Å². The molecule has 0 radical (unpaired) electrons. The van der Waals surface area contributed by atoms with Crippen molar-refractivity contribution >= 4 is 0 Å². The first-order valence-electron chi connectivity index (χ1n) is 7.21. The van der Waals surface area contributed by atoms with E-state index in [1.807, 2.05) is 30.9 Å². The molecule has 1 unspecified atom stereocenters. The predicted molar refractivity (Wildman–Crippen MR) is 75.3 cm³/mol. The number of nitrogens with zero attached hydrogens (tertiary/aromatic N) is 2. The highest BCUT2D eigenvalue weighted by atomic mass is 16.5. The van der Waals surface area contributed by atoms with Gasteiger partial charge in [-0.25, -0.2) is 5.43 Å². The van der Waals surface area contributed by atoms with Crippen molar-refractivity contribution in [3.8, 4) is 0 Å². The number of nitrogens with one attached hydrogen (secondary N) is 1. The van der Waals surface area contributed by atoms with Gasteiger partial charge in [-0.15, -0.1) is 0 Å². The summed E-state index contributed by atoms with van der Waals surface area (Å²) in [6, 6.07) is 1.98. The van der Waals surface area contributed by atoms with E-state index in [9.17, 15) is 0 Å². The van der Waals surface area contributed by atoms with Crippen molar-refractivity contribution in [1.29, 1.82) is 0 Å². The number of ether oxygens (including phenoxy) is 1. The van der Waals surface area contributed by atoms with Gasteiger partial charge in [0.1, 0.15) is 0 Å². The molecule has 1 aromatic rings. The van der Waals surface area contributed by atoms with Crippen LogP contribution in [0.15, 0.2) is 12.3 Å². The highest BCUT2D eigenvalue weighted by Crippen LogP contribution is 2.42. The molecule has 1 aromatic heterocycles. The summed E-state index contributed by atoms with van der Waals surface area (Å²) in [7, 11) is 1.92. The van der Waals surface area contributed by atoms with Crippen LogP contribution in [-0.2, 0) is 11.8 Å². The zero-order valence-electron chi connectivity index (χ0n) is 12.2.